The molecule has 1 atom stereocenters. The van der Waals surface area contributed by atoms with E-state index in [2.05, 4.69) is 10.3 Å². The lowest BCUT2D eigenvalue weighted by molar-refractivity contribution is -0.116. The fourth-order valence-corrected chi connectivity index (χ4v) is 2.68. The summed E-state index contributed by atoms with van der Waals surface area (Å²) >= 11 is 12.7. The number of rotatable bonds is 5. The largest absolute Gasteiger partial charge is 0.386 e. The Hall–Kier alpha value is -1.40. The second-order valence-corrected chi connectivity index (χ2v) is 6.28. The first-order valence-electron chi connectivity index (χ1n) is 6.05. The Morgan fingerprint density at radius 1 is 1.38 bits per heavy atom. The number of nitrogens with one attached hydrogen (secondary N) is 1. The van der Waals surface area contributed by atoms with Crippen molar-refractivity contribution < 1.29 is 9.90 Å². The average molecular weight is 343 g/mol. The van der Waals surface area contributed by atoms with E-state index in [-0.39, 0.29) is 12.5 Å². The molecule has 2 aromatic heterocycles. The van der Waals surface area contributed by atoms with E-state index in [9.17, 15) is 9.90 Å². The van der Waals surface area contributed by atoms with Crippen LogP contribution in [0.1, 0.15) is 16.5 Å². The number of carbonyl (C=O) groups excluding carboxylic acids is 1. The van der Waals surface area contributed by atoms with Crippen molar-refractivity contribution in [3.05, 3.63) is 56.5 Å². The zero-order chi connectivity index (χ0) is 15.2. The van der Waals surface area contributed by atoms with Gasteiger partial charge in [-0.2, -0.15) is 0 Å². The van der Waals surface area contributed by atoms with Gasteiger partial charge in [0.25, 0.3) is 0 Å². The summed E-state index contributed by atoms with van der Waals surface area (Å²) in [7, 11) is 0. The van der Waals surface area contributed by atoms with Crippen LogP contribution in [0, 0.1) is 0 Å². The molecule has 1 unspecified atom stereocenters. The van der Waals surface area contributed by atoms with E-state index >= 15 is 0 Å². The fraction of sp³-hybridized carbons (Fsp3) is 0.143. The normalized spacial score (nSPS) is 12.5. The van der Waals surface area contributed by atoms with Crippen molar-refractivity contribution in [1.29, 1.82) is 0 Å². The summed E-state index contributed by atoms with van der Waals surface area (Å²) in [5, 5.41) is 12.9. The number of amides is 1. The van der Waals surface area contributed by atoms with Gasteiger partial charge in [-0.25, -0.2) is 4.98 Å². The van der Waals surface area contributed by atoms with Crippen LogP contribution in [0.5, 0.6) is 0 Å². The van der Waals surface area contributed by atoms with Crippen molar-refractivity contribution in [3.63, 3.8) is 0 Å². The van der Waals surface area contributed by atoms with Gasteiger partial charge < -0.3 is 10.4 Å². The quantitative estimate of drug-likeness (QED) is 0.647. The minimum absolute atomic E-state index is 0.124. The molecular formula is C14H12Cl2N2O2S. The molecule has 1 amide bonds. The topological polar surface area (TPSA) is 62.2 Å². The highest BCUT2D eigenvalue weighted by Crippen LogP contribution is 2.26. The van der Waals surface area contributed by atoms with Gasteiger partial charge in [-0.05, 0) is 29.8 Å². The van der Waals surface area contributed by atoms with E-state index in [0.29, 0.717) is 14.4 Å². The number of hydrogen-bond acceptors (Lipinski definition) is 4. The van der Waals surface area contributed by atoms with Crippen molar-refractivity contribution in [2.45, 2.75) is 6.10 Å². The van der Waals surface area contributed by atoms with Crippen LogP contribution >= 0.6 is 34.5 Å². The van der Waals surface area contributed by atoms with E-state index in [1.54, 1.807) is 36.5 Å². The van der Waals surface area contributed by atoms with E-state index < -0.39 is 6.10 Å². The van der Waals surface area contributed by atoms with E-state index in [4.69, 9.17) is 23.2 Å². The second kappa shape index (κ2) is 7.56. The molecule has 110 valence electrons. The van der Waals surface area contributed by atoms with Gasteiger partial charge in [0.05, 0.1) is 4.34 Å². The molecule has 4 nitrogen and oxygen atoms in total. The molecule has 0 aliphatic rings. The van der Waals surface area contributed by atoms with Crippen LogP contribution < -0.4 is 5.32 Å². The summed E-state index contributed by atoms with van der Waals surface area (Å²) in [4.78, 5) is 16.3. The fourth-order valence-electron chi connectivity index (χ4n) is 1.52. The monoisotopic (exact) mass is 342 g/mol. The number of thiophene rings is 1. The van der Waals surface area contributed by atoms with Gasteiger partial charge >= 0.3 is 0 Å². The number of aromatic nitrogens is 1. The molecule has 2 aromatic rings. The zero-order valence-corrected chi connectivity index (χ0v) is 13.1. The van der Waals surface area contributed by atoms with Crippen LogP contribution in [0.25, 0.3) is 6.08 Å². The molecule has 7 heteroatoms. The van der Waals surface area contributed by atoms with Gasteiger partial charge in [0.1, 0.15) is 11.3 Å². The highest BCUT2D eigenvalue weighted by Gasteiger charge is 2.10. The molecule has 0 radical (unpaired) electrons. The van der Waals surface area contributed by atoms with Gasteiger partial charge in [0.2, 0.25) is 5.91 Å². The van der Waals surface area contributed by atoms with E-state index in [1.807, 2.05) is 0 Å². The molecule has 0 aromatic carbocycles. The number of aliphatic hydroxyl groups excluding tert-OH is 1. The molecule has 0 bridgehead atoms. The number of pyridine rings is 1. The van der Waals surface area contributed by atoms with Crippen molar-refractivity contribution >= 4 is 46.5 Å². The van der Waals surface area contributed by atoms with Crippen molar-refractivity contribution in [3.8, 4) is 0 Å². The molecule has 0 saturated heterocycles. The summed E-state index contributed by atoms with van der Waals surface area (Å²) < 4.78 is 0.602. The Balaban J connectivity index is 1.83. The Labute approximate surface area is 136 Å². The maximum absolute atomic E-state index is 11.6. The molecule has 0 aliphatic carbocycles. The van der Waals surface area contributed by atoms with E-state index in [0.717, 1.165) is 5.56 Å². The molecule has 0 saturated carbocycles. The van der Waals surface area contributed by atoms with Crippen LogP contribution in [0.15, 0.2) is 36.5 Å². The molecule has 2 rings (SSSR count). The number of nitrogens with zero attached hydrogens (tertiary/aromatic N) is 1. The highest BCUT2D eigenvalue weighted by molar-refractivity contribution is 7.16. The molecule has 0 spiro atoms. The summed E-state index contributed by atoms with van der Waals surface area (Å²) in [5.41, 5.74) is 0.764. The standard InChI is InChI=1S/C14H12Cl2N2O2S/c15-12-4-1-9(7-17-12)2-6-14(20)18-8-10(19)11-3-5-13(16)21-11/h1-7,10,19H,8H2,(H,18,20)/b6-2+. The molecule has 2 heterocycles. The Morgan fingerprint density at radius 3 is 2.81 bits per heavy atom. The van der Waals surface area contributed by atoms with Crippen molar-refractivity contribution in [1.82, 2.24) is 10.3 Å². The van der Waals surface area contributed by atoms with Gasteiger partial charge in [-0.15, -0.1) is 11.3 Å². The average Bonchev–Trinajstić information content (AvgIpc) is 2.91. The predicted molar refractivity (Wildman–Crippen MR) is 85.6 cm³/mol. The van der Waals surface area contributed by atoms with E-state index in [1.165, 1.54) is 17.4 Å². The zero-order valence-electron chi connectivity index (χ0n) is 10.8. The lowest BCUT2D eigenvalue weighted by atomic mass is 10.2. The van der Waals surface area contributed by atoms with Gasteiger partial charge in [0.15, 0.2) is 0 Å². The Bertz CT molecular complexity index is 641. The Kier molecular flexibility index (Phi) is 5.76. The summed E-state index contributed by atoms with van der Waals surface area (Å²) in [5.74, 6) is -0.299. The van der Waals surface area contributed by atoms with Gasteiger partial charge in [0, 0.05) is 23.7 Å². The first kappa shape index (κ1) is 16.0. The third-order valence-corrected chi connectivity index (χ3v) is 4.13. The lowest BCUT2D eigenvalue weighted by Gasteiger charge is -2.08. The van der Waals surface area contributed by atoms with Gasteiger partial charge in [-0.1, -0.05) is 29.3 Å². The van der Waals surface area contributed by atoms with Crippen molar-refractivity contribution in [2.75, 3.05) is 6.54 Å². The van der Waals surface area contributed by atoms with Crippen LogP contribution in [0.3, 0.4) is 0 Å². The van der Waals surface area contributed by atoms with Crippen LogP contribution in [0.2, 0.25) is 9.49 Å². The molecule has 0 aliphatic heterocycles. The molecular weight excluding hydrogens is 331 g/mol. The second-order valence-electron chi connectivity index (χ2n) is 4.15. The third-order valence-electron chi connectivity index (χ3n) is 2.57. The van der Waals surface area contributed by atoms with Crippen molar-refractivity contribution in [2.24, 2.45) is 0 Å². The third kappa shape index (κ3) is 5.13. The number of carbonyl (C=O) groups is 1. The first-order chi connectivity index (χ1) is 10.0. The first-order valence-corrected chi connectivity index (χ1v) is 7.62. The molecule has 2 N–H and O–H groups in total. The summed E-state index contributed by atoms with van der Waals surface area (Å²) in [6.07, 6.45) is 3.79. The Morgan fingerprint density at radius 2 is 2.19 bits per heavy atom. The molecule has 0 fully saturated rings. The lowest BCUT2D eigenvalue weighted by Crippen LogP contribution is -2.26. The van der Waals surface area contributed by atoms with Crippen LogP contribution in [0.4, 0.5) is 0 Å². The number of aliphatic hydroxyl groups is 1. The number of hydrogen-bond donors (Lipinski definition) is 2. The molecule has 21 heavy (non-hydrogen) atoms. The summed E-state index contributed by atoms with van der Waals surface area (Å²) in [6, 6.07) is 6.84. The van der Waals surface area contributed by atoms with Crippen LogP contribution in [-0.4, -0.2) is 22.5 Å². The number of halogens is 2. The minimum Gasteiger partial charge on any atom is -0.386 e. The maximum Gasteiger partial charge on any atom is 0.244 e. The highest BCUT2D eigenvalue weighted by atomic mass is 35.5. The predicted octanol–water partition coefficient (Wildman–Crippen LogP) is 3.31. The SMILES string of the molecule is O=C(/C=C/c1ccc(Cl)nc1)NCC(O)c1ccc(Cl)s1. The summed E-state index contributed by atoms with van der Waals surface area (Å²) in [6.45, 7) is 0.124. The smallest absolute Gasteiger partial charge is 0.244 e. The minimum atomic E-state index is -0.767. The maximum atomic E-state index is 11.6. The van der Waals surface area contributed by atoms with Gasteiger partial charge in [-0.3, -0.25) is 4.79 Å². The van der Waals surface area contributed by atoms with Crippen LogP contribution in [-0.2, 0) is 4.79 Å².